The Morgan fingerprint density at radius 2 is 1.75 bits per heavy atom. The van der Waals surface area contributed by atoms with E-state index in [1.54, 1.807) is 12.0 Å². The van der Waals surface area contributed by atoms with Crippen molar-refractivity contribution in [2.24, 2.45) is 0 Å². The van der Waals surface area contributed by atoms with E-state index in [4.69, 9.17) is 14.0 Å². The third-order valence-electron chi connectivity index (χ3n) is 5.44. The number of carbonyl (C=O) groups excluding carboxylic acids is 1. The molecule has 0 radical (unpaired) electrons. The molecule has 32 heavy (non-hydrogen) atoms. The minimum Gasteiger partial charge on any atom is -0.497 e. The molecule has 0 spiro atoms. The molecule has 1 atom stereocenters. The van der Waals surface area contributed by atoms with Gasteiger partial charge in [0.2, 0.25) is 5.82 Å². The van der Waals surface area contributed by atoms with Gasteiger partial charge in [0.25, 0.3) is 5.89 Å². The molecule has 2 amide bonds. The Hall–Kier alpha value is -3.81. The number of urea groups is 1. The van der Waals surface area contributed by atoms with Crippen LogP contribution in [-0.2, 0) is 0 Å². The molecule has 2 aromatic carbocycles. The van der Waals surface area contributed by atoms with E-state index in [0.29, 0.717) is 24.9 Å². The number of aromatic nitrogens is 2. The van der Waals surface area contributed by atoms with Gasteiger partial charge in [-0.3, -0.25) is 4.90 Å². The third kappa shape index (κ3) is 4.03. The summed E-state index contributed by atoms with van der Waals surface area (Å²) in [5, 5.41) is 7.25. The van der Waals surface area contributed by atoms with Gasteiger partial charge in [0.15, 0.2) is 0 Å². The maximum Gasteiger partial charge on any atom is 0.322 e. The minimum atomic E-state index is -0.426. The van der Waals surface area contributed by atoms with Crippen molar-refractivity contribution < 1.29 is 18.8 Å². The first-order valence-corrected chi connectivity index (χ1v) is 10.6. The fraction of sp³-hybridized carbons (Fsp3) is 0.292. The maximum absolute atomic E-state index is 12.7. The lowest BCUT2D eigenvalue weighted by atomic mass is 9.94. The lowest BCUT2D eigenvalue weighted by Crippen LogP contribution is -2.45. The molecule has 0 bridgehead atoms. The topological polar surface area (TPSA) is 89.7 Å². The highest BCUT2D eigenvalue weighted by molar-refractivity contribution is 5.86. The number of nitrogens with one attached hydrogen (secondary N) is 1. The second-order valence-corrected chi connectivity index (χ2v) is 7.28. The Morgan fingerprint density at radius 1 is 1.06 bits per heavy atom. The Bertz CT molecular complexity index is 1120. The number of allylic oxidation sites excluding steroid dienone is 1. The van der Waals surface area contributed by atoms with Gasteiger partial charge in [-0.1, -0.05) is 17.3 Å². The van der Waals surface area contributed by atoms with Crippen molar-refractivity contribution in [2.75, 3.05) is 20.3 Å². The smallest absolute Gasteiger partial charge is 0.322 e. The van der Waals surface area contributed by atoms with Gasteiger partial charge in [0.1, 0.15) is 11.5 Å². The van der Waals surface area contributed by atoms with Crippen molar-refractivity contribution in [1.82, 2.24) is 20.4 Å². The third-order valence-corrected chi connectivity index (χ3v) is 5.44. The van der Waals surface area contributed by atoms with E-state index < -0.39 is 6.04 Å². The molecule has 1 N–H and O–H groups in total. The van der Waals surface area contributed by atoms with Gasteiger partial charge >= 0.3 is 6.03 Å². The van der Waals surface area contributed by atoms with Gasteiger partial charge in [-0.25, -0.2) is 4.79 Å². The summed E-state index contributed by atoms with van der Waals surface area (Å²) in [6, 6.07) is 14.5. The summed E-state index contributed by atoms with van der Waals surface area (Å²) in [6.45, 7) is 6.89. The maximum atomic E-state index is 12.7. The summed E-state index contributed by atoms with van der Waals surface area (Å²) in [4.78, 5) is 19.0. The number of hydrogen-bond donors (Lipinski definition) is 1. The molecular formula is C24H26N4O4. The molecular weight excluding hydrogens is 408 g/mol. The van der Waals surface area contributed by atoms with Crippen molar-refractivity contribution in [3.63, 3.8) is 0 Å². The molecule has 1 unspecified atom stereocenters. The number of methoxy groups -OCH3 is 1. The molecule has 1 aromatic heterocycles. The summed E-state index contributed by atoms with van der Waals surface area (Å²) in [7, 11) is 1.62. The van der Waals surface area contributed by atoms with E-state index in [1.807, 2.05) is 69.3 Å². The highest BCUT2D eigenvalue weighted by Gasteiger charge is 2.35. The van der Waals surface area contributed by atoms with Crippen LogP contribution in [0.1, 0.15) is 38.3 Å². The minimum absolute atomic E-state index is 0.166. The van der Waals surface area contributed by atoms with Crippen LogP contribution in [0.25, 0.3) is 17.0 Å². The molecule has 8 nitrogen and oxygen atoms in total. The molecule has 8 heteroatoms. The lowest BCUT2D eigenvalue weighted by Gasteiger charge is -2.34. The number of benzene rings is 2. The average molecular weight is 434 g/mol. The first-order chi connectivity index (χ1) is 15.5. The van der Waals surface area contributed by atoms with E-state index >= 15 is 0 Å². The van der Waals surface area contributed by atoms with Crippen LogP contribution in [0, 0.1) is 0 Å². The number of amides is 2. The first kappa shape index (κ1) is 21.4. The number of nitrogens with zero attached hydrogens (tertiary/aromatic N) is 3. The lowest BCUT2D eigenvalue weighted by molar-refractivity contribution is 0.207. The summed E-state index contributed by atoms with van der Waals surface area (Å²) >= 11 is 0. The van der Waals surface area contributed by atoms with Crippen LogP contribution in [0.2, 0.25) is 0 Å². The van der Waals surface area contributed by atoms with Gasteiger partial charge in [-0.05, 0) is 62.7 Å². The zero-order valence-electron chi connectivity index (χ0n) is 18.6. The Morgan fingerprint density at radius 3 is 2.38 bits per heavy atom. The monoisotopic (exact) mass is 434 g/mol. The summed E-state index contributed by atoms with van der Waals surface area (Å²) < 4.78 is 16.4. The van der Waals surface area contributed by atoms with Crippen molar-refractivity contribution >= 4 is 11.6 Å². The molecule has 2 heterocycles. The highest BCUT2D eigenvalue weighted by Crippen LogP contribution is 2.37. The molecule has 3 aromatic rings. The van der Waals surface area contributed by atoms with Crippen molar-refractivity contribution in [3.8, 4) is 22.9 Å². The molecule has 1 aliphatic heterocycles. The van der Waals surface area contributed by atoms with E-state index in [1.165, 1.54) is 0 Å². The summed E-state index contributed by atoms with van der Waals surface area (Å²) in [6.07, 6.45) is 0. The Balaban J connectivity index is 1.73. The SMILES string of the molecule is CCOc1ccc(-c2noc(C3=C(C)N(CC)C(=O)NC3c3ccc(OC)cc3)n2)cc1. The second kappa shape index (κ2) is 9.13. The van der Waals surface area contributed by atoms with Crippen LogP contribution < -0.4 is 14.8 Å². The standard InChI is InChI=1S/C24H26N4O4/c1-5-28-15(3)20(21(25-24(28)29)16-7-11-18(30-4)12-8-16)23-26-22(27-32-23)17-9-13-19(14-10-17)31-6-2/h7-14,21H,5-6H2,1-4H3,(H,25,29). The zero-order chi connectivity index (χ0) is 22.7. The molecule has 4 rings (SSSR count). The average Bonchev–Trinajstić information content (AvgIpc) is 3.29. The van der Waals surface area contributed by atoms with Gasteiger partial charge < -0.3 is 19.3 Å². The first-order valence-electron chi connectivity index (χ1n) is 10.6. The quantitative estimate of drug-likeness (QED) is 0.582. The largest absolute Gasteiger partial charge is 0.497 e. The molecule has 1 aliphatic rings. The molecule has 0 fully saturated rings. The van der Waals surface area contributed by atoms with Crippen LogP contribution in [0.3, 0.4) is 0 Å². The van der Waals surface area contributed by atoms with E-state index in [0.717, 1.165) is 33.9 Å². The fourth-order valence-corrected chi connectivity index (χ4v) is 3.80. The summed E-state index contributed by atoms with van der Waals surface area (Å²) in [5.41, 5.74) is 3.25. The van der Waals surface area contributed by atoms with E-state index in [2.05, 4.69) is 15.5 Å². The number of rotatable bonds is 7. The molecule has 0 aliphatic carbocycles. The normalized spacial score (nSPS) is 16.2. The molecule has 0 saturated heterocycles. The number of carbonyl (C=O) groups is 1. The van der Waals surface area contributed by atoms with E-state index in [9.17, 15) is 4.79 Å². The van der Waals surface area contributed by atoms with Crippen LogP contribution >= 0.6 is 0 Å². The second-order valence-electron chi connectivity index (χ2n) is 7.28. The van der Waals surface area contributed by atoms with Gasteiger partial charge in [0, 0.05) is 17.8 Å². The van der Waals surface area contributed by atoms with Gasteiger partial charge in [-0.15, -0.1) is 0 Å². The van der Waals surface area contributed by atoms with Gasteiger partial charge in [-0.2, -0.15) is 4.98 Å². The number of hydrogen-bond acceptors (Lipinski definition) is 6. The van der Waals surface area contributed by atoms with Crippen molar-refractivity contribution in [3.05, 3.63) is 65.7 Å². The Kier molecular flexibility index (Phi) is 6.11. The van der Waals surface area contributed by atoms with Crippen molar-refractivity contribution in [1.29, 1.82) is 0 Å². The predicted octanol–water partition coefficient (Wildman–Crippen LogP) is 4.66. The summed E-state index contributed by atoms with van der Waals surface area (Å²) in [5.74, 6) is 2.36. The Labute approximate surface area is 186 Å². The number of ether oxygens (including phenoxy) is 2. The van der Waals surface area contributed by atoms with Crippen molar-refractivity contribution in [2.45, 2.75) is 26.8 Å². The van der Waals surface area contributed by atoms with Crippen LogP contribution in [0.5, 0.6) is 11.5 Å². The molecule has 166 valence electrons. The predicted molar refractivity (Wildman–Crippen MR) is 120 cm³/mol. The zero-order valence-corrected chi connectivity index (χ0v) is 18.6. The van der Waals surface area contributed by atoms with Crippen LogP contribution in [0.4, 0.5) is 4.79 Å². The highest BCUT2D eigenvalue weighted by atomic mass is 16.5. The molecule has 0 saturated carbocycles. The van der Waals surface area contributed by atoms with Crippen LogP contribution in [-0.4, -0.2) is 41.3 Å². The van der Waals surface area contributed by atoms with E-state index in [-0.39, 0.29) is 6.03 Å². The van der Waals surface area contributed by atoms with Gasteiger partial charge in [0.05, 0.1) is 25.3 Å². The fourth-order valence-electron chi connectivity index (χ4n) is 3.80. The van der Waals surface area contributed by atoms with Crippen LogP contribution in [0.15, 0.2) is 58.8 Å².